The van der Waals surface area contributed by atoms with E-state index in [0.717, 1.165) is 23.4 Å². The van der Waals surface area contributed by atoms with Crippen LogP contribution in [0.2, 0.25) is 5.02 Å². The van der Waals surface area contributed by atoms with Crippen molar-refractivity contribution in [2.24, 2.45) is 11.7 Å². The first-order chi connectivity index (χ1) is 10.5. The third kappa shape index (κ3) is 4.68. The summed E-state index contributed by atoms with van der Waals surface area (Å²) in [4.78, 5) is 8.36. The van der Waals surface area contributed by atoms with E-state index in [1.165, 1.54) is 0 Å². The zero-order chi connectivity index (χ0) is 16.1. The molecule has 1 aromatic carbocycles. The van der Waals surface area contributed by atoms with Gasteiger partial charge in [-0.2, -0.15) is 0 Å². The summed E-state index contributed by atoms with van der Waals surface area (Å²) in [5.41, 5.74) is 8.52. The summed E-state index contributed by atoms with van der Waals surface area (Å²) in [5.74, 6) is 1.08. The second-order valence-corrected chi connectivity index (χ2v) is 6.23. The molecule has 22 heavy (non-hydrogen) atoms. The summed E-state index contributed by atoms with van der Waals surface area (Å²) in [6.07, 6.45) is 2.48. The Morgan fingerprint density at radius 3 is 2.64 bits per heavy atom. The number of nitrogens with two attached hydrogens (primary N) is 1. The van der Waals surface area contributed by atoms with Crippen LogP contribution in [0.4, 0.5) is 0 Å². The van der Waals surface area contributed by atoms with E-state index in [0.29, 0.717) is 23.3 Å². The second kappa shape index (κ2) is 7.56. The summed E-state index contributed by atoms with van der Waals surface area (Å²) in [7, 11) is 0. The van der Waals surface area contributed by atoms with Gasteiger partial charge in [0.1, 0.15) is 12.1 Å². The van der Waals surface area contributed by atoms with Crippen LogP contribution in [-0.4, -0.2) is 22.6 Å². The van der Waals surface area contributed by atoms with Crippen molar-refractivity contribution in [3.05, 3.63) is 41.3 Å². The van der Waals surface area contributed by atoms with Crippen LogP contribution in [0.25, 0.3) is 11.3 Å². The van der Waals surface area contributed by atoms with Gasteiger partial charge in [-0.15, -0.1) is 0 Å². The van der Waals surface area contributed by atoms with Crippen LogP contribution in [-0.2, 0) is 0 Å². The summed E-state index contributed by atoms with van der Waals surface area (Å²) < 4.78 is 5.79. The molecule has 2 N–H and O–H groups in total. The first kappa shape index (κ1) is 16.7. The number of hydrogen-bond donors (Lipinski definition) is 1. The molecule has 0 fully saturated rings. The van der Waals surface area contributed by atoms with Crippen LogP contribution in [0.15, 0.2) is 30.6 Å². The molecule has 5 heteroatoms. The summed E-state index contributed by atoms with van der Waals surface area (Å²) in [6, 6.07) is 7.82. The van der Waals surface area contributed by atoms with E-state index in [1.807, 2.05) is 38.1 Å². The minimum atomic E-state index is 0.178. The first-order valence-electron chi connectivity index (χ1n) is 7.42. The highest BCUT2D eigenvalue weighted by molar-refractivity contribution is 6.32. The zero-order valence-corrected chi connectivity index (χ0v) is 14.0. The average molecular weight is 320 g/mol. The Morgan fingerprint density at radius 2 is 2.00 bits per heavy atom. The molecule has 2 atom stereocenters. The van der Waals surface area contributed by atoms with Crippen molar-refractivity contribution in [2.45, 2.75) is 33.2 Å². The molecule has 2 unspecified atom stereocenters. The lowest BCUT2D eigenvalue weighted by Gasteiger charge is -2.16. The molecule has 0 saturated heterocycles. The number of rotatable bonds is 6. The van der Waals surface area contributed by atoms with Gasteiger partial charge >= 0.3 is 0 Å². The SMILES string of the molecule is Cc1cc(-c2ccc(OCC(C)CC(C)N)c(Cl)c2)ncn1. The fourth-order valence-electron chi connectivity index (χ4n) is 2.32. The Kier molecular flexibility index (Phi) is 5.75. The molecule has 118 valence electrons. The maximum absolute atomic E-state index is 6.32. The van der Waals surface area contributed by atoms with Crippen LogP contribution in [0.1, 0.15) is 26.0 Å². The van der Waals surface area contributed by atoms with Gasteiger partial charge in [-0.1, -0.05) is 18.5 Å². The Balaban J connectivity index is 2.07. The highest BCUT2D eigenvalue weighted by Gasteiger charge is 2.10. The van der Waals surface area contributed by atoms with E-state index in [4.69, 9.17) is 22.1 Å². The van der Waals surface area contributed by atoms with E-state index < -0.39 is 0 Å². The summed E-state index contributed by atoms with van der Waals surface area (Å²) >= 11 is 6.32. The van der Waals surface area contributed by atoms with E-state index in [2.05, 4.69) is 16.9 Å². The molecule has 1 aromatic heterocycles. The van der Waals surface area contributed by atoms with E-state index in [9.17, 15) is 0 Å². The largest absolute Gasteiger partial charge is 0.492 e. The highest BCUT2D eigenvalue weighted by atomic mass is 35.5. The van der Waals surface area contributed by atoms with Gasteiger partial charge in [0, 0.05) is 17.3 Å². The molecule has 2 aromatic rings. The molecule has 4 nitrogen and oxygen atoms in total. The van der Waals surface area contributed by atoms with Gasteiger partial charge in [0.25, 0.3) is 0 Å². The number of benzene rings is 1. The molecule has 0 bridgehead atoms. The van der Waals surface area contributed by atoms with Gasteiger partial charge in [-0.25, -0.2) is 9.97 Å². The molecular weight excluding hydrogens is 298 g/mol. The predicted octanol–water partition coefficient (Wildman–Crippen LogP) is 3.86. The monoisotopic (exact) mass is 319 g/mol. The Labute approximate surface area is 136 Å². The van der Waals surface area contributed by atoms with Crippen molar-refractivity contribution in [2.75, 3.05) is 6.61 Å². The van der Waals surface area contributed by atoms with E-state index in [-0.39, 0.29) is 6.04 Å². The molecule has 2 rings (SSSR count). The van der Waals surface area contributed by atoms with Crippen LogP contribution >= 0.6 is 11.6 Å². The summed E-state index contributed by atoms with van der Waals surface area (Å²) in [6.45, 7) is 6.66. The minimum absolute atomic E-state index is 0.178. The molecule has 0 aliphatic rings. The lowest BCUT2D eigenvalue weighted by molar-refractivity contribution is 0.246. The lowest BCUT2D eigenvalue weighted by atomic mass is 10.0. The molecule has 0 amide bonds. The Hall–Kier alpha value is -1.65. The van der Waals surface area contributed by atoms with Crippen molar-refractivity contribution < 1.29 is 4.74 Å². The van der Waals surface area contributed by atoms with E-state index >= 15 is 0 Å². The molecular formula is C17H22ClN3O. The molecule has 0 aliphatic heterocycles. The zero-order valence-electron chi connectivity index (χ0n) is 13.2. The maximum Gasteiger partial charge on any atom is 0.137 e. The standard InChI is InChI=1S/C17H22ClN3O/c1-11(6-12(2)19)9-22-17-5-4-14(8-15(17)18)16-7-13(3)20-10-21-16/h4-5,7-8,10-12H,6,9,19H2,1-3H3. The Morgan fingerprint density at radius 1 is 1.23 bits per heavy atom. The van der Waals surface area contributed by atoms with Crippen LogP contribution in [0.5, 0.6) is 5.75 Å². The van der Waals surface area contributed by atoms with Crippen LogP contribution < -0.4 is 10.5 Å². The van der Waals surface area contributed by atoms with Gasteiger partial charge in [0.2, 0.25) is 0 Å². The van der Waals surface area contributed by atoms with Gasteiger partial charge in [-0.3, -0.25) is 0 Å². The van der Waals surface area contributed by atoms with E-state index in [1.54, 1.807) is 6.33 Å². The molecule has 0 radical (unpaired) electrons. The number of hydrogen-bond acceptors (Lipinski definition) is 4. The molecule has 1 heterocycles. The molecule has 0 saturated carbocycles. The fourth-order valence-corrected chi connectivity index (χ4v) is 2.56. The van der Waals surface area contributed by atoms with Crippen molar-refractivity contribution >= 4 is 11.6 Å². The van der Waals surface area contributed by atoms with Crippen molar-refractivity contribution in [3.63, 3.8) is 0 Å². The van der Waals surface area contributed by atoms with Gasteiger partial charge < -0.3 is 10.5 Å². The van der Waals surface area contributed by atoms with Gasteiger partial charge in [0.15, 0.2) is 0 Å². The lowest BCUT2D eigenvalue weighted by Crippen LogP contribution is -2.21. The predicted molar refractivity (Wildman–Crippen MR) is 90.1 cm³/mol. The number of aryl methyl sites for hydroxylation is 1. The topological polar surface area (TPSA) is 61.0 Å². The Bertz CT molecular complexity index is 631. The first-order valence-corrected chi connectivity index (χ1v) is 7.80. The van der Waals surface area contributed by atoms with Crippen LogP contribution in [0, 0.1) is 12.8 Å². The van der Waals surface area contributed by atoms with Gasteiger partial charge in [0.05, 0.1) is 17.3 Å². The van der Waals surface area contributed by atoms with Crippen LogP contribution in [0.3, 0.4) is 0 Å². The minimum Gasteiger partial charge on any atom is -0.492 e. The quantitative estimate of drug-likeness (QED) is 0.878. The van der Waals surface area contributed by atoms with Gasteiger partial charge in [-0.05, 0) is 50.5 Å². The molecule has 0 aliphatic carbocycles. The third-order valence-electron chi connectivity index (χ3n) is 3.33. The number of ether oxygens (including phenoxy) is 1. The number of aromatic nitrogens is 2. The van der Waals surface area contributed by atoms with Crippen molar-refractivity contribution in [3.8, 4) is 17.0 Å². The van der Waals surface area contributed by atoms with Crippen molar-refractivity contribution in [1.82, 2.24) is 9.97 Å². The average Bonchev–Trinajstić information content (AvgIpc) is 2.45. The highest BCUT2D eigenvalue weighted by Crippen LogP contribution is 2.30. The number of nitrogens with zero attached hydrogens (tertiary/aromatic N) is 2. The maximum atomic E-state index is 6.32. The van der Waals surface area contributed by atoms with Crippen molar-refractivity contribution in [1.29, 1.82) is 0 Å². The molecule has 0 spiro atoms. The second-order valence-electron chi connectivity index (χ2n) is 5.82. The smallest absolute Gasteiger partial charge is 0.137 e. The normalized spacial score (nSPS) is 13.7. The third-order valence-corrected chi connectivity index (χ3v) is 3.62. The fraction of sp³-hybridized carbons (Fsp3) is 0.412. The number of halogens is 1. The summed E-state index contributed by atoms with van der Waals surface area (Å²) in [5, 5.41) is 0.585.